The van der Waals surface area contributed by atoms with E-state index in [0.717, 1.165) is 22.2 Å². The molecule has 1 saturated heterocycles. The van der Waals surface area contributed by atoms with Gasteiger partial charge in [0.1, 0.15) is 6.54 Å². The predicted molar refractivity (Wildman–Crippen MR) is 125 cm³/mol. The van der Waals surface area contributed by atoms with Crippen molar-refractivity contribution in [3.8, 4) is 5.69 Å². The second-order valence-corrected chi connectivity index (χ2v) is 8.33. The Hall–Kier alpha value is -4.11. The number of anilines is 1. The van der Waals surface area contributed by atoms with Gasteiger partial charge in [-0.2, -0.15) is 0 Å². The molecule has 0 unspecified atom stereocenters. The summed E-state index contributed by atoms with van der Waals surface area (Å²) in [5.74, 6) is -2.03. The molecular weight excluding hydrogens is 442 g/mol. The minimum Gasteiger partial charge on any atom is -0.478 e. The number of amides is 3. The second-order valence-electron chi connectivity index (χ2n) is 7.34. The van der Waals surface area contributed by atoms with Crippen LogP contribution in [0.4, 0.5) is 10.5 Å². The van der Waals surface area contributed by atoms with E-state index in [1.54, 1.807) is 53.2 Å². The number of hydrogen-bond acceptors (Lipinski definition) is 5. The average molecular weight is 461 g/mol. The number of rotatable bonds is 6. The second kappa shape index (κ2) is 9.17. The molecule has 3 amide bonds. The molecule has 1 aliphatic heterocycles. The summed E-state index contributed by atoms with van der Waals surface area (Å²) in [6, 6.07) is 17.0. The van der Waals surface area contributed by atoms with E-state index in [4.69, 9.17) is 5.11 Å². The van der Waals surface area contributed by atoms with Gasteiger partial charge in [0.15, 0.2) is 0 Å². The summed E-state index contributed by atoms with van der Waals surface area (Å²) in [5.41, 5.74) is 3.13. The summed E-state index contributed by atoms with van der Waals surface area (Å²) >= 11 is 0.768. The smallest absolute Gasteiger partial charge is 0.335 e. The minimum atomic E-state index is -1.02. The van der Waals surface area contributed by atoms with E-state index in [-0.39, 0.29) is 17.0 Å². The SMILES string of the molecule is Cc1ccc(NC(=O)CN2C(=O)SC(=Cc3cccn3-c3ccc(C(=O)O)cc3)C2=O)cc1. The van der Waals surface area contributed by atoms with Crippen LogP contribution in [0.3, 0.4) is 0 Å². The number of carboxylic acid groups (broad SMARTS) is 1. The maximum absolute atomic E-state index is 12.8. The van der Waals surface area contributed by atoms with Crippen molar-refractivity contribution in [2.24, 2.45) is 0 Å². The highest BCUT2D eigenvalue weighted by atomic mass is 32.2. The van der Waals surface area contributed by atoms with E-state index in [9.17, 15) is 19.2 Å². The number of aromatic nitrogens is 1. The first-order valence-electron chi connectivity index (χ1n) is 9.95. The predicted octanol–water partition coefficient (Wildman–Crippen LogP) is 4.16. The number of carboxylic acids is 1. The van der Waals surface area contributed by atoms with Crippen molar-refractivity contribution in [1.82, 2.24) is 9.47 Å². The molecule has 2 N–H and O–H groups in total. The highest BCUT2D eigenvalue weighted by Gasteiger charge is 2.36. The van der Waals surface area contributed by atoms with Crippen LogP contribution < -0.4 is 5.32 Å². The molecule has 0 radical (unpaired) electrons. The molecule has 3 aromatic rings. The number of thioether (sulfide) groups is 1. The number of carbonyl (C=O) groups excluding carboxylic acids is 3. The van der Waals surface area contributed by atoms with Gasteiger partial charge in [-0.1, -0.05) is 17.7 Å². The van der Waals surface area contributed by atoms with Crippen LogP contribution in [-0.4, -0.2) is 44.1 Å². The number of nitrogens with one attached hydrogen (secondary N) is 1. The van der Waals surface area contributed by atoms with Gasteiger partial charge in [-0.05, 0) is 73.3 Å². The standard InChI is InChI=1S/C24H19N3O5S/c1-15-4-8-17(9-5-15)25-21(28)14-27-22(29)20(33-24(27)32)13-19-3-2-12-26(19)18-10-6-16(7-11-18)23(30)31/h2-13H,14H2,1H3,(H,25,28)(H,30,31). The van der Waals surface area contributed by atoms with Crippen molar-refractivity contribution in [2.45, 2.75) is 6.92 Å². The molecule has 0 atom stereocenters. The summed E-state index contributed by atoms with van der Waals surface area (Å²) in [6.07, 6.45) is 3.34. The lowest BCUT2D eigenvalue weighted by Gasteiger charge is -2.12. The normalized spacial score (nSPS) is 14.7. The Morgan fingerprint density at radius 2 is 1.73 bits per heavy atom. The van der Waals surface area contributed by atoms with Crippen molar-refractivity contribution < 1.29 is 24.3 Å². The van der Waals surface area contributed by atoms with Gasteiger partial charge < -0.3 is 15.0 Å². The largest absolute Gasteiger partial charge is 0.478 e. The molecule has 33 heavy (non-hydrogen) atoms. The fourth-order valence-corrected chi connectivity index (χ4v) is 4.09. The molecule has 2 aromatic carbocycles. The molecule has 4 rings (SSSR count). The third kappa shape index (κ3) is 4.88. The third-order valence-electron chi connectivity index (χ3n) is 4.96. The number of imide groups is 1. The van der Waals surface area contributed by atoms with Gasteiger partial charge in [0, 0.05) is 23.3 Å². The van der Waals surface area contributed by atoms with E-state index in [1.807, 2.05) is 19.1 Å². The van der Waals surface area contributed by atoms with Crippen LogP contribution >= 0.6 is 11.8 Å². The fourth-order valence-electron chi connectivity index (χ4n) is 3.26. The zero-order valence-corrected chi connectivity index (χ0v) is 18.3. The summed E-state index contributed by atoms with van der Waals surface area (Å²) < 4.78 is 1.77. The molecule has 1 fully saturated rings. The first kappa shape index (κ1) is 22.1. The first-order valence-corrected chi connectivity index (χ1v) is 10.8. The molecule has 1 aromatic heterocycles. The number of benzene rings is 2. The van der Waals surface area contributed by atoms with Crippen LogP contribution in [0.5, 0.6) is 0 Å². The molecule has 0 bridgehead atoms. The number of nitrogens with zero attached hydrogens (tertiary/aromatic N) is 2. The molecule has 8 nitrogen and oxygen atoms in total. The quantitative estimate of drug-likeness (QED) is 0.534. The molecule has 2 heterocycles. The Morgan fingerprint density at radius 1 is 1.03 bits per heavy atom. The van der Waals surface area contributed by atoms with E-state index in [2.05, 4.69) is 5.32 Å². The van der Waals surface area contributed by atoms with Crippen molar-refractivity contribution in [2.75, 3.05) is 11.9 Å². The Labute approximate surface area is 193 Å². The van der Waals surface area contributed by atoms with Crippen molar-refractivity contribution >= 4 is 46.5 Å². The molecule has 1 aliphatic rings. The summed E-state index contributed by atoms with van der Waals surface area (Å²) in [5, 5.41) is 11.2. The van der Waals surface area contributed by atoms with Crippen molar-refractivity contribution in [3.05, 3.63) is 88.6 Å². The monoisotopic (exact) mass is 461 g/mol. The maximum Gasteiger partial charge on any atom is 0.335 e. The summed E-state index contributed by atoms with van der Waals surface area (Å²) in [7, 11) is 0. The summed E-state index contributed by atoms with van der Waals surface area (Å²) in [4.78, 5) is 49.7. The van der Waals surface area contributed by atoms with Gasteiger partial charge >= 0.3 is 5.97 Å². The Balaban J connectivity index is 1.49. The third-order valence-corrected chi connectivity index (χ3v) is 5.87. The molecule has 9 heteroatoms. The molecule has 0 spiro atoms. The van der Waals surface area contributed by atoms with Crippen LogP contribution in [0.15, 0.2) is 71.8 Å². The van der Waals surface area contributed by atoms with Crippen molar-refractivity contribution in [3.63, 3.8) is 0 Å². The van der Waals surface area contributed by atoms with Gasteiger partial charge in [0.05, 0.1) is 10.5 Å². The minimum absolute atomic E-state index is 0.164. The molecular formula is C24H19N3O5S. The van der Waals surface area contributed by atoms with E-state index >= 15 is 0 Å². The number of aromatic carboxylic acids is 1. The van der Waals surface area contributed by atoms with Gasteiger partial charge in [-0.25, -0.2) is 4.79 Å². The van der Waals surface area contributed by atoms with Crippen LogP contribution in [0.1, 0.15) is 21.6 Å². The van der Waals surface area contributed by atoms with Crippen LogP contribution in [0, 0.1) is 6.92 Å². The highest BCUT2D eigenvalue weighted by Crippen LogP contribution is 2.32. The van der Waals surface area contributed by atoms with Gasteiger partial charge in [0.2, 0.25) is 5.91 Å². The topological polar surface area (TPSA) is 109 Å². The number of hydrogen-bond donors (Lipinski definition) is 2. The zero-order valence-electron chi connectivity index (χ0n) is 17.5. The molecule has 0 saturated carbocycles. The maximum atomic E-state index is 12.8. The Kier molecular flexibility index (Phi) is 6.14. The van der Waals surface area contributed by atoms with Crippen LogP contribution in [0.2, 0.25) is 0 Å². The summed E-state index contributed by atoms with van der Waals surface area (Å²) in [6.45, 7) is 1.55. The van der Waals surface area contributed by atoms with Gasteiger partial charge in [0.25, 0.3) is 11.1 Å². The first-order chi connectivity index (χ1) is 15.8. The van der Waals surface area contributed by atoms with Gasteiger partial charge in [-0.3, -0.25) is 19.3 Å². The Morgan fingerprint density at radius 3 is 2.39 bits per heavy atom. The lowest BCUT2D eigenvalue weighted by molar-refractivity contribution is -0.127. The lowest BCUT2D eigenvalue weighted by Crippen LogP contribution is -2.36. The van der Waals surface area contributed by atoms with Crippen molar-refractivity contribution in [1.29, 1.82) is 0 Å². The molecule has 166 valence electrons. The van der Waals surface area contributed by atoms with E-state index in [1.165, 1.54) is 12.1 Å². The number of aryl methyl sites for hydroxylation is 1. The van der Waals surface area contributed by atoms with Gasteiger partial charge in [-0.15, -0.1) is 0 Å². The zero-order chi connectivity index (χ0) is 23.5. The lowest BCUT2D eigenvalue weighted by atomic mass is 10.2. The van der Waals surface area contributed by atoms with E-state index < -0.39 is 23.0 Å². The number of carbonyl (C=O) groups is 4. The van der Waals surface area contributed by atoms with Crippen LogP contribution in [-0.2, 0) is 9.59 Å². The fraction of sp³-hybridized carbons (Fsp3) is 0.0833. The Bertz CT molecular complexity index is 1280. The van der Waals surface area contributed by atoms with Crippen LogP contribution in [0.25, 0.3) is 11.8 Å². The molecule has 0 aliphatic carbocycles. The average Bonchev–Trinajstić information content (AvgIpc) is 3.35. The highest BCUT2D eigenvalue weighted by molar-refractivity contribution is 8.18. The van der Waals surface area contributed by atoms with E-state index in [0.29, 0.717) is 17.1 Å².